The number of nitrogens with zero attached hydrogens (tertiary/aromatic N) is 2. The van der Waals surface area contributed by atoms with Crippen molar-refractivity contribution in [2.45, 2.75) is 5.16 Å². The normalized spacial score (nSPS) is 11.4. The number of nitrogens with one attached hydrogen (secondary N) is 1. The van der Waals surface area contributed by atoms with Crippen LogP contribution >= 0.6 is 39.3 Å². The molecule has 0 bridgehead atoms. The number of carboxylic acid groups (broad SMARTS) is 1. The lowest BCUT2D eigenvalue weighted by Gasteiger charge is -2.10. The summed E-state index contributed by atoms with van der Waals surface area (Å²) in [7, 11) is 3.04. The Morgan fingerprint density at radius 2 is 1.97 bits per heavy atom. The van der Waals surface area contributed by atoms with E-state index in [0.717, 1.165) is 17.3 Å². The van der Waals surface area contributed by atoms with Gasteiger partial charge in [-0.25, -0.2) is 9.78 Å². The average molecular weight is 497 g/mol. The van der Waals surface area contributed by atoms with Gasteiger partial charge in [0.25, 0.3) is 0 Å². The van der Waals surface area contributed by atoms with Crippen LogP contribution < -0.4 is 9.47 Å². The topological polar surface area (TPSA) is 97.3 Å². The zero-order valence-corrected chi connectivity index (χ0v) is 18.4. The van der Waals surface area contributed by atoms with Crippen LogP contribution in [0.5, 0.6) is 11.5 Å². The number of carboxylic acids is 1. The molecule has 0 aliphatic carbocycles. The van der Waals surface area contributed by atoms with E-state index in [1.165, 1.54) is 20.3 Å². The molecule has 3 aromatic rings. The van der Waals surface area contributed by atoms with E-state index in [9.17, 15) is 9.90 Å². The number of carbonyl (C=O) groups is 1. The molecule has 0 atom stereocenters. The summed E-state index contributed by atoms with van der Waals surface area (Å²) in [6.07, 6.45) is 1.51. The number of benzene rings is 2. The summed E-state index contributed by atoms with van der Waals surface area (Å²) >= 11 is 10.2. The van der Waals surface area contributed by atoms with E-state index >= 15 is 0 Å². The maximum atomic E-state index is 11.7. The fourth-order valence-corrected chi connectivity index (χ4v) is 3.89. The number of H-pyrrole nitrogens is 1. The number of aromatic nitrogens is 3. The number of aliphatic carboxylic acids is 1. The second-order valence-electron chi connectivity index (χ2n) is 5.63. The van der Waals surface area contributed by atoms with Crippen molar-refractivity contribution in [2.75, 3.05) is 14.2 Å². The molecule has 2 aromatic carbocycles. The largest absolute Gasteiger partial charge is 0.493 e. The minimum absolute atomic E-state index is 0.0470. The van der Waals surface area contributed by atoms with Crippen LogP contribution in [-0.4, -0.2) is 40.5 Å². The first-order valence-corrected chi connectivity index (χ1v) is 10.1. The van der Waals surface area contributed by atoms with Crippen molar-refractivity contribution in [3.05, 3.63) is 56.4 Å². The number of hydrogen-bond acceptors (Lipinski definition) is 6. The summed E-state index contributed by atoms with van der Waals surface area (Å²) in [6, 6.07) is 10.5. The van der Waals surface area contributed by atoms with Gasteiger partial charge < -0.3 is 14.6 Å². The molecule has 0 aliphatic rings. The van der Waals surface area contributed by atoms with Crippen molar-refractivity contribution < 1.29 is 19.4 Å². The van der Waals surface area contributed by atoms with Gasteiger partial charge in [0.15, 0.2) is 17.3 Å². The third kappa shape index (κ3) is 5.11. The standard InChI is InChI=1S/C19H15BrClN3O4S/c1-27-14-8-10(7-13(20)16(14)28-2)9-15(18(25)26)29-19-22-17(23-24-19)11-3-5-12(21)6-4-11/h3-9H,1-2H3,(H,25,26)(H,22,23,24)/b15-9-. The van der Waals surface area contributed by atoms with Crippen molar-refractivity contribution in [3.63, 3.8) is 0 Å². The van der Waals surface area contributed by atoms with Crippen molar-refractivity contribution in [2.24, 2.45) is 0 Å². The van der Waals surface area contributed by atoms with E-state index in [2.05, 4.69) is 31.1 Å². The first-order valence-electron chi connectivity index (χ1n) is 8.14. The fraction of sp³-hybridized carbons (Fsp3) is 0.105. The van der Waals surface area contributed by atoms with Crippen molar-refractivity contribution in [1.29, 1.82) is 0 Å². The van der Waals surface area contributed by atoms with Crippen molar-refractivity contribution in [1.82, 2.24) is 15.2 Å². The predicted molar refractivity (Wildman–Crippen MR) is 116 cm³/mol. The van der Waals surface area contributed by atoms with Gasteiger partial charge in [0, 0.05) is 10.6 Å². The molecule has 7 nitrogen and oxygen atoms in total. The van der Waals surface area contributed by atoms with Gasteiger partial charge in [-0.2, -0.15) is 0 Å². The second kappa shape index (κ2) is 9.34. The van der Waals surface area contributed by atoms with E-state index < -0.39 is 5.97 Å². The minimum atomic E-state index is -1.10. The zero-order valence-electron chi connectivity index (χ0n) is 15.3. The molecule has 1 aromatic heterocycles. The van der Waals surface area contributed by atoms with E-state index in [-0.39, 0.29) is 10.1 Å². The predicted octanol–water partition coefficient (Wildman–Crippen LogP) is 5.12. The molecule has 0 spiro atoms. The number of rotatable bonds is 7. The Morgan fingerprint density at radius 3 is 2.59 bits per heavy atom. The smallest absolute Gasteiger partial charge is 0.342 e. The summed E-state index contributed by atoms with van der Waals surface area (Å²) in [5.74, 6) is 0.419. The highest BCUT2D eigenvalue weighted by Gasteiger charge is 2.16. The average Bonchev–Trinajstić information content (AvgIpc) is 3.16. The molecular weight excluding hydrogens is 482 g/mol. The number of halogens is 2. The molecule has 0 saturated carbocycles. The number of hydrogen-bond donors (Lipinski definition) is 2. The summed E-state index contributed by atoms with van der Waals surface area (Å²) in [4.78, 5) is 16.1. The lowest BCUT2D eigenvalue weighted by Crippen LogP contribution is -1.98. The molecule has 10 heteroatoms. The highest BCUT2D eigenvalue weighted by Crippen LogP contribution is 2.37. The molecule has 0 fully saturated rings. The zero-order chi connectivity index (χ0) is 21.0. The van der Waals surface area contributed by atoms with Crippen LogP contribution in [0.1, 0.15) is 5.56 Å². The highest BCUT2D eigenvalue weighted by atomic mass is 79.9. The van der Waals surface area contributed by atoms with Crippen molar-refractivity contribution >= 4 is 51.3 Å². The molecule has 3 rings (SSSR count). The Morgan fingerprint density at radius 1 is 1.24 bits per heavy atom. The first kappa shape index (κ1) is 21.2. The van der Waals surface area contributed by atoms with Crippen LogP contribution in [-0.2, 0) is 4.79 Å². The van der Waals surface area contributed by atoms with Crippen LogP contribution in [0.25, 0.3) is 17.5 Å². The van der Waals surface area contributed by atoms with Gasteiger partial charge in [-0.3, -0.25) is 5.10 Å². The summed E-state index contributed by atoms with van der Waals surface area (Å²) in [6.45, 7) is 0. The summed E-state index contributed by atoms with van der Waals surface area (Å²) < 4.78 is 11.2. The summed E-state index contributed by atoms with van der Waals surface area (Å²) in [5, 5.41) is 17.4. The third-order valence-electron chi connectivity index (χ3n) is 3.75. The van der Waals surface area contributed by atoms with Crippen LogP contribution in [0, 0.1) is 0 Å². The minimum Gasteiger partial charge on any atom is -0.493 e. The first-order chi connectivity index (χ1) is 13.9. The Labute approximate surface area is 184 Å². The van der Waals surface area contributed by atoms with E-state index in [0.29, 0.717) is 32.4 Å². The fourth-order valence-electron chi connectivity index (χ4n) is 2.43. The quantitative estimate of drug-likeness (QED) is 0.346. The number of aromatic amines is 1. The van der Waals surface area contributed by atoms with Crippen LogP contribution in [0.3, 0.4) is 0 Å². The molecule has 150 valence electrons. The Bertz CT molecular complexity index is 1070. The molecular formula is C19H15BrClN3O4S. The maximum Gasteiger partial charge on any atom is 0.342 e. The van der Waals surface area contributed by atoms with Gasteiger partial charge in [-0.15, -0.1) is 5.10 Å². The molecule has 0 amide bonds. The Kier molecular flexibility index (Phi) is 6.83. The number of methoxy groups -OCH3 is 2. The second-order valence-corrected chi connectivity index (χ2v) is 7.93. The molecule has 0 unspecified atom stereocenters. The van der Waals surface area contributed by atoms with E-state index in [1.807, 2.05) is 0 Å². The molecule has 2 N–H and O–H groups in total. The molecule has 0 radical (unpaired) electrons. The molecule has 1 heterocycles. The van der Waals surface area contributed by atoms with Gasteiger partial charge in [-0.05, 0) is 75.7 Å². The van der Waals surface area contributed by atoms with E-state index in [1.54, 1.807) is 36.4 Å². The molecule has 0 saturated heterocycles. The van der Waals surface area contributed by atoms with Gasteiger partial charge in [0.1, 0.15) is 4.91 Å². The van der Waals surface area contributed by atoms with Gasteiger partial charge in [-0.1, -0.05) is 11.6 Å². The lowest BCUT2D eigenvalue weighted by molar-refractivity contribution is -0.131. The van der Waals surface area contributed by atoms with Crippen LogP contribution in [0.2, 0.25) is 5.02 Å². The monoisotopic (exact) mass is 495 g/mol. The van der Waals surface area contributed by atoms with Gasteiger partial charge in [0.05, 0.1) is 18.7 Å². The Hall–Kier alpha value is -2.49. The Balaban J connectivity index is 1.89. The third-order valence-corrected chi connectivity index (χ3v) is 5.47. The number of thioether (sulfide) groups is 1. The van der Waals surface area contributed by atoms with Gasteiger partial charge in [0.2, 0.25) is 5.16 Å². The van der Waals surface area contributed by atoms with Crippen LogP contribution in [0.4, 0.5) is 0 Å². The SMILES string of the molecule is COc1cc(/C=C(\Sc2n[nH]c(-c3ccc(Cl)cc3)n2)C(=O)O)cc(Br)c1OC. The summed E-state index contributed by atoms with van der Waals surface area (Å²) in [5.41, 5.74) is 1.41. The molecule has 0 aliphatic heterocycles. The van der Waals surface area contributed by atoms with Gasteiger partial charge >= 0.3 is 5.97 Å². The van der Waals surface area contributed by atoms with Crippen LogP contribution in [0.15, 0.2) is 50.9 Å². The lowest BCUT2D eigenvalue weighted by atomic mass is 10.2. The number of ether oxygens (including phenoxy) is 2. The maximum absolute atomic E-state index is 11.7. The van der Waals surface area contributed by atoms with E-state index in [4.69, 9.17) is 21.1 Å². The molecule has 29 heavy (non-hydrogen) atoms. The highest BCUT2D eigenvalue weighted by molar-refractivity contribution is 9.10. The van der Waals surface area contributed by atoms with Crippen molar-refractivity contribution in [3.8, 4) is 22.9 Å².